The zero-order chi connectivity index (χ0) is 13.3. The van der Waals surface area contributed by atoms with Crippen LogP contribution in [-0.4, -0.2) is 42.0 Å². The summed E-state index contributed by atoms with van der Waals surface area (Å²) in [6, 6.07) is -0.748. The summed E-state index contributed by atoms with van der Waals surface area (Å²) in [5, 5.41) is 1.52. The molecule has 0 aromatic heterocycles. The summed E-state index contributed by atoms with van der Waals surface area (Å²) in [5.74, 6) is 0. The van der Waals surface area contributed by atoms with E-state index in [0.29, 0.717) is 0 Å². The molecule has 0 unspecified atom stereocenters. The summed E-state index contributed by atoms with van der Waals surface area (Å²) < 4.78 is 41.3. The number of ether oxygens (including phenoxy) is 1. The number of hydrogen-bond donors (Lipinski definition) is 1. The molecule has 0 saturated carbocycles. The number of amides is 1. The molecule has 1 atom stereocenters. The van der Waals surface area contributed by atoms with Gasteiger partial charge >= 0.3 is 12.4 Å². The number of nitrogens with one attached hydrogen (secondary N) is 1. The lowest BCUT2D eigenvalue weighted by molar-refractivity contribution is -0.163. The molecule has 0 aromatic rings. The Labute approximate surface area is 98.1 Å². The van der Waals surface area contributed by atoms with Gasteiger partial charge in [-0.05, 0) is 27.2 Å². The first-order valence-electron chi connectivity index (χ1n) is 5.39. The number of alkyl halides is 3. The lowest BCUT2D eigenvalue weighted by Gasteiger charge is -2.24. The number of likely N-dealkylation sites (tertiary alicyclic amines) is 1. The maximum atomic E-state index is 12.1. The Morgan fingerprint density at radius 1 is 1.35 bits per heavy atom. The lowest BCUT2D eigenvalue weighted by atomic mass is 10.2. The van der Waals surface area contributed by atoms with Gasteiger partial charge in [0.2, 0.25) is 0 Å². The Morgan fingerprint density at radius 3 is 2.41 bits per heavy atom. The topological polar surface area (TPSA) is 41.6 Å². The number of rotatable bonds is 1. The number of nitrogens with zero attached hydrogens (tertiary/aromatic N) is 1. The smallest absolute Gasteiger partial charge is 0.444 e. The van der Waals surface area contributed by atoms with E-state index in [0.717, 1.165) is 0 Å². The standard InChI is InChI=1S/C10H17F3N2O2/c1-9(2,3)17-8(16)15-5-4-7(6-15)14-10(11,12)13/h7,14H,4-6H2,1-3H3/t7-/m1/s1. The minimum atomic E-state index is -4.41. The number of carbonyl (C=O) groups excluding carboxylic acids is 1. The third kappa shape index (κ3) is 5.25. The predicted molar refractivity (Wildman–Crippen MR) is 55.4 cm³/mol. The maximum absolute atomic E-state index is 12.1. The van der Waals surface area contributed by atoms with E-state index >= 15 is 0 Å². The third-order valence-electron chi connectivity index (χ3n) is 2.21. The van der Waals surface area contributed by atoms with Crippen LogP contribution in [0, 0.1) is 0 Å². The Balaban J connectivity index is 2.43. The van der Waals surface area contributed by atoms with Gasteiger partial charge in [0.15, 0.2) is 0 Å². The zero-order valence-corrected chi connectivity index (χ0v) is 10.1. The van der Waals surface area contributed by atoms with Gasteiger partial charge in [-0.3, -0.25) is 0 Å². The molecule has 0 aliphatic carbocycles. The second-order valence-corrected chi connectivity index (χ2v) is 5.05. The molecule has 1 rings (SSSR count). The Bertz CT molecular complexity index is 286. The van der Waals surface area contributed by atoms with Gasteiger partial charge in [0, 0.05) is 19.1 Å². The third-order valence-corrected chi connectivity index (χ3v) is 2.21. The fourth-order valence-electron chi connectivity index (χ4n) is 1.60. The SMILES string of the molecule is CC(C)(C)OC(=O)N1CC[C@@H](NC(F)(F)F)C1. The average molecular weight is 254 g/mol. The molecule has 0 aromatic carbocycles. The van der Waals surface area contributed by atoms with Crippen LogP contribution in [-0.2, 0) is 4.74 Å². The molecule has 1 N–H and O–H groups in total. The van der Waals surface area contributed by atoms with Crippen molar-refractivity contribution in [2.24, 2.45) is 0 Å². The van der Waals surface area contributed by atoms with Crippen molar-refractivity contribution >= 4 is 6.09 Å². The Morgan fingerprint density at radius 2 is 1.94 bits per heavy atom. The van der Waals surface area contributed by atoms with Crippen LogP contribution in [0.4, 0.5) is 18.0 Å². The van der Waals surface area contributed by atoms with Gasteiger partial charge in [-0.2, -0.15) is 13.2 Å². The molecule has 100 valence electrons. The molecule has 0 spiro atoms. The zero-order valence-electron chi connectivity index (χ0n) is 10.1. The van der Waals surface area contributed by atoms with E-state index in [1.165, 1.54) is 10.2 Å². The molecule has 7 heteroatoms. The normalized spacial score (nSPS) is 21.8. The van der Waals surface area contributed by atoms with Gasteiger partial charge in [-0.25, -0.2) is 10.1 Å². The van der Waals surface area contributed by atoms with Crippen LogP contribution in [0.25, 0.3) is 0 Å². The number of carbonyl (C=O) groups is 1. The van der Waals surface area contributed by atoms with Crippen molar-refractivity contribution < 1.29 is 22.7 Å². The highest BCUT2D eigenvalue weighted by Crippen LogP contribution is 2.19. The summed E-state index contributed by atoms with van der Waals surface area (Å²) in [6.07, 6.45) is -4.70. The van der Waals surface area contributed by atoms with E-state index in [9.17, 15) is 18.0 Å². The fraction of sp³-hybridized carbons (Fsp3) is 0.900. The Kier molecular flexibility index (Phi) is 3.91. The quantitative estimate of drug-likeness (QED) is 0.729. The van der Waals surface area contributed by atoms with Crippen molar-refractivity contribution in [3.8, 4) is 0 Å². The van der Waals surface area contributed by atoms with Crippen LogP contribution in [0.1, 0.15) is 27.2 Å². The monoisotopic (exact) mass is 254 g/mol. The van der Waals surface area contributed by atoms with Crippen molar-refractivity contribution in [3.63, 3.8) is 0 Å². The summed E-state index contributed by atoms with van der Waals surface area (Å²) in [6.45, 7) is 5.45. The largest absolute Gasteiger partial charge is 0.457 e. The van der Waals surface area contributed by atoms with Crippen LogP contribution >= 0.6 is 0 Å². The number of hydrogen-bond acceptors (Lipinski definition) is 3. The molecule has 1 fully saturated rings. The Hall–Kier alpha value is -0.980. The van der Waals surface area contributed by atoms with Gasteiger partial charge in [0.05, 0.1) is 0 Å². The predicted octanol–water partition coefficient (Wildman–Crippen LogP) is 2.11. The van der Waals surface area contributed by atoms with E-state index in [1.807, 2.05) is 0 Å². The molecule has 1 saturated heterocycles. The van der Waals surface area contributed by atoms with Gasteiger partial charge in [0.25, 0.3) is 0 Å². The average Bonchev–Trinajstić information content (AvgIpc) is 2.45. The van der Waals surface area contributed by atoms with Gasteiger partial charge in [-0.1, -0.05) is 0 Å². The second kappa shape index (κ2) is 4.72. The summed E-state index contributed by atoms with van der Waals surface area (Å²) >= 11 is 0. The minimum Gasteiger partial charge on any atom is -0.444 e. The first-order valence-corrected chi connectivity index (χ1v) is 5.39. The summed E-state index contributed by atoms with van der Waals surface area (Å²) in [5.41, 5.74) is -0.632. The molecule has 0 bridgehead atoms. The molecule has 1 amide bonds. The van der Waals surface area contributed by atoms with E-state index in [2.05, 4.69) is 0 Å². The molecule has 4 nitrogen and oxygen atoms in total. The second-order valence-electron chi connectivity index (χ2n) is 5.05. The molecular weight excluding hydrogens is 237 g/mol. The molecule has 1 aliphatic heterocycles. The van der Waals surface area contributed by atoms with Gasteiger partial charge < -0.3 is 9.64 Å². The molecular formula is C10H17F3N2O2. The van der Waals surface area contributed by atoms with Crippen molar-refractivity contribution in [3.05, 3.63) is 0 Å². The van der Waals surface area contributed by atoms with Gasteiger partial charge in [-0.15, -0.1) is 0 Å². The molecule has 17 heavy (non-hydrogen) atoms. The van der Waals surface area contributed by atoms with E-state index < -0.39 is 24.0 Å². The van der Waals surface area contributed by atoms with Crippen molar-refractivity contribution in [1.29, 1.82) is 0 Å². The molecule has 1 aliphatic rings. The van der Waals surface area contributed by atoms with E-state index in [1.54, 1.807) is 20.8 Å². The van der Waals surface area contributed by atoms with Crippen LogP contribution in [0.15, 0.2) is 0 Å². The van der Waals surface area contributed by atoms with Crippen molar-refractivity contribution in [1.82, 2.24) is 10.2 Å². The van der Waals surface area contributed by atoms with Gasteiger partial charge in [0.1, 0.15) is 5.60 Å². The summed E-state index contributed by atoms with van der Waals surface area (Å²) in [7, 11) is 0. The fourth-order valence-corrected chi connectivity index (χ4v) is 1.60. The highest BCUT2D eigenvalue weighted by molar-refractivity contribution is 5.68. The van der Waals surface area contributed by atoms with Crippen LogP contribution in [0.2, 0.25) is 0 Å². The van der Waals surface area contributed by atoms with Crippen LogP contribution < -0.4 is 5.32 Å². The van der Waals surface area contributed by atoms with Crippen LogP contribution in [0.3, 0.4) is 0 Å². The summed E-state index contributed by atoms with van der Waals surface area (Å²) in [4.78, 5) is 12.9. The first-order chi connectivity index (χ1) is 7.57. The van der Waals surface area contributed by atoms with E-state index in [4.69, 9.17) is 4.74 Å². The molecule has 0 radical (unpaired) electrons. The minimum absolute atomic E-state index is 0.0222. The van der Waals surface area contributed by atoms with Crippen LogP contribution in [0.5, 0.6) is 0 Å². The maximum Gasteiger partial charge on any atom is 0.457 e. The van der Waals surface area contributed by atoms with Crippen molar-refractivity contribution in [2.75, 3.05) is 13.1 Å². The highest BCUT2D eigenvalue weighted by atomic mass is 19.4. The molecule has 1 heterocycles. The first kappa shape index (κ1) is 14.1. The number of halogens is 3. The van der Waals surface area contributed by atoms with Crippen molar-refractivity contribution in [2.45, 2.75) is 45.1 Å². The highest BCUT2D eigenvalue weighted by Gasteiger charge is 2.36. The van der Waals surface area contributed by atoms with E-state index in [-0.39, 0.29) is 19.5 Å². The lowest BCUT2D eigenvalue weighted by Crippen LogP contribution is -2.43.